The van der Waals surface area contributed by atoms with Crippen LogP contribution in [-0.2, 0) is 9.84 Å². The van der Waals surface area contributed by atoms with Crippen LogP contribution in [0.15, 0.2) is 47.4 Å². The Hall–Kier alpha value is -2.82. The van der Waals surface area contributed by atoms with Gasteiger partial charge < -0.3 is 14.9 Å². The molecule has 0 unspecified atom stereocenters. The highest BCUT2D eigenvalue weighted by Gasteiger charge is 2.48. The number of alkyl halides is 3. The number of hydrogen-bond acceptors (Lipinski definition) is 5. The van der Waals surface area contributed by atoms with Crippen LogP contribution in [0.4, 0.5) is 23.2 Å². The molecule has 0 atom stereocenters. The lowest BCUT2D eigenvalue weighted by Crippen LogP contribution is -2.49. The van der Waals surface area contributed by atoms with Crippen LogP contribution >= 0.6 is 0 Å². The lowest BCUT2D eigenvalue weighted by molar-refractivity contribution is -0.0435. The number of nitrogens with zero attached hydrogens (tertiary/aromatic N) is 2. The Bertz CT molecular complexity index is 1030. The number of para-hydroxylation sites is 1. The summed E-state index contributed by atoms with van der Waals surface area (Å²) in [4.78, 5) is 14.1. The zero-order valence-electron chi connectivity index (χ0n) is 14.9. The normalized spacial score (nSPS) is 15.4. The van der Waals surface area contributed by atoms with Crippen LogP contribution < -0.4 is 4.90 Å². The van der Waals surface area contributed by atoms with E-state index in [0.717, 1.165) is 12.1 Å². The van der Waals surface area contributed by atoms with E-state index in [4.69, 9.17) is 0 Å². The molecule has 1 aliphatic rings. The van der Waals surface area contributed by atoms with Crippen molar-refractivity contribution in [3.05, 3.63) is 53.8 Å². The number of carbonyl (C=O) groups is 1. The second-order valence-electron chi connectivity index (χ2n) is 6.36. The van der Waals surface area contributed by atoms with Gasteiger partial charge in [-0.15, -0.1) is 0 Å². The molecule has 156 valence electrons. The van der Waals surface area contributed by atoms with Gasteiger partial charge in [-0.3, -0.25) is 4.79 Å². The number of hydrogen-bond donors (Lipinski definition) is 1. The highest BCUT2D eigenvalue weighted by molar-refractivity contribution is 7.92. The standard InChI is InChI=1S/C18H16F4N2O4S/c19-12-5-6-14(16(11-12)29(27,28)18(20,21)22)23-7-9-24(10-8-23)17(26)13-3-1-2-4-15(13)25/h1-6,11,25H,7-10H2. The maximum absolute atomic E-state index is 13.5. The monoisotopic (exact) mass is 432 g/mol. The fraction of sp³-hybridized carbons (Fsp3) is 0.278. The third-order valence-electron chi connectivity index (χ3n) is 4.56. The number of sulfone groups is 1. The number of benzene rings is 2. The molecule has 1 N–H and O–H groups in total. The second kappa shape index (κ2) is 7.54. The lowest BCUT2D eigenvalue weighted by Gasteiger charge is -2.37. The fourth-order valence-electron chi connectivity index (χ4n) is 3.06. The average molecular weight is 432 g/mol. The summed E-state index contributed by atoms with van der Waals surface area (Å²) in [6.07, 6.45) is 0. The van der Waals surface area contributed by atoms with Gasteiger partial charge in [0, 0.05) is 26.2 Å². The van der Waals surface area contributed by atoms with Gasteiger partial charge in [-0.25, -0.2) is 12.8 Å². The molecular formula is C18H16F4N2O4S. The lowest BCUT2D eigenvalue weighted by atomic mass is 10.1. The van der Waals surface area contributed by atoms with E-state index in [-0.39, 0.29) is 43.2 Å². The van der Waals surface area contributed by atoms with E-state index in [2.05, 4.69) is 0 Å². The summed E-state index contributed by atoms with van der Waals surface area (Å²) in [6.45, 7) is 0.225. The van der Waals surface area contributed by atoms with Crippen LogP contribution in [0.2, 0.25) is 0 Å². The summed E-state index contributed by atoms with van der Waals surface area (Å²) in [5.41, 5.74) is -5.76. The molecule has 2 aromatic carbocycles. The van der Waals surface area contributed by atoms with Gasteiger partial charge in [-0.05, 0) is 30.3 Å². The van der Waals surface area contributed by atoms with Crippen LogP contribution in [0.3, 0.4) is 0 Å². The number of halogens is 4. The van der Waals surface area contributed by atoms with E-state index in [1.807, 2.05) is 0 Å². The quantitative estimate of drug-likeness (QED) is 0.755. The summed E-state index contributed by atoms with van der Waals surface area (Å²) in [7, 11) is -5.75. The molecule has 3 rings (SSSR count). The van der Waals surface area contributed by atoms with E-state index in [1.54, 1.807) is 12.1 Å². The average Bonchev–Trinajstić information content (AvgIpc) is 2.67. The summed E-state index contributed by atoms with van der Waals surface area (Å²) in [6, 6.07) is 8.14. The second-order valence-corrected chi connectivity index (χ2v) is 8.27. The topological polar surface area (TPSA) is 77.9 Å². The maximum Gasteiger partial charge on any atom is 0.501 e. The largest absolute Gasteiger partial charge is 0.507 e. The van der Waals surface area contributed by atoms with E-state index >= 15 is 0 Å². The van der Waals surface area contributed by atoms with Crippen LogP contribution in [0.1, 0.15) is 10.4 Å². The molecule has 0 radical (unpaired) electrons. The molecule has 0 bridgehead atoms. The summed E-state index contributed by atoms with van der Waals surface area (Å²) >= 11 is 0. The van der Waals surface area contributed by atoms with Crippen LogP contribution in [-0.4, -0.2) is 56.0 Å². The number of piperazine rings is 1. The van der Waals surface area contributed by atoms with Crippen molar-refractivity contribution < 1.29 is 35.9 Å². The highest BCUT2D eigenvalue weighted by atomic mass is 32.2. The number of anilines is 1. The Morgan fingerprint density at radius 3 is 2.21 bits per heavy atom. The van der Waals surface area contributed by atoms with E-state index in [9.17, 15) is 35.9 Å². The minimum atomic E-state index is -5.75. The Kier molecular flexibility index (Phi) is 5.44. The number of rotatable bonds is 3. The minimum absolute atomic E-state index is 0.0331. The summed E-state index contributed by atoms with van der Waals surface area (Å²) in [5, 5.41) is 9.80. The van der Waals surface area contributed by atoms with Crippen LogP contribution in [0.25, 0.3) is 0 Å². The molecule has 2 aromatic rings. The smallest absolute Gasteiger partial charge is 0.501 e. The number of amides is 1. The first-order valence-electron chi connectivity index (χ1n) is 8.45. The van der Waals surface area contributed by atoms with Gasteiger partial charge in [-0.1, -0.05) is 12.1 Å². The maximum atomic E-state index is 13.5. The van der Waals surface area contributed by atoms with Gasteiger partial charge in [0.15, 0.2) is 0 Å². The first-order valence-corrected chi connectivity index (χ1v) is 9.94. The van der Waals surface area contributed by atoms with Gasteiger partial charge in [-0.2, -0.15) is 13.2 Å². The molecule has 1 fully saturated rings. The molecule has 0 aromatic heterocycles. The SMILES string of the molecule is O=C(c1ccccc1O)N1CCN(c2ccc(F)cc2S(=O)(=O)C(F)(F)F)CC1. The number of carbonyl (C=O) groups excluding carboxylic acids is 1. The Morgan fingerprint density at radius 1 is 1.00 bits per heavy atom. The third-order valence-corrected chi connectivity index (χ3v) is 6.07. The number of phenols is 1. The Labute approximate surface area is 163 Å². The first-order chi connectivity index (χ1) is 13.5. The molecule has 6 nitrogen and oxygen atoms in total. The van der Waals surface area contributed by atoms with Crippen molar-refractivity contribution in [2.75, 3.05) is 31.1 Å². The van der Waals surface area contributed by atoms with Gasteiger partial charge in [0.25, 0.3) is 15.7 Å². The highest BCUT2D eigenvalue weighted by Crippen LogP contribution is 2.36. The van der Waals surface area contributed by atoms with Crippen molar-refractivity contribution in [3.63, 3.8) is 0 Å². The van der Waals surface area contributed by atoms with Crippen molar-refractivity contribution in [3.8, 4) is 5.75 Å². The van der Waals surface area contributed by atoms with Crippen LogP contribution in [0.5, 0.6) is 5.75 Å². The molecule has 1 amide bonds. The van der Waals surface area contributed by atoms with Crippen molar-refractivity contribution in [2.45, 2.75) is 10.4 Å². The van der Waals surface area contributed by atoms with E-state index < -0.39 is 32.0 Å². The van der Waals surface area contributed by atoms with Gasteiger partial charge >= 0.3 is 5.51 Å². The van der Waals surface area contributed by atoms with E-state index in [0.29, 0.717) is 6.07 Å². The molecule has 1 saturated heterocycles. The predicted molar refractivity (Wildman–Crippen MR) is 95.9 cm³/mol. The number of aromatic hydroxyl groups is 1. The van der Waals surface area contributed by atoms with Gasteiger partial charge in [0.1, 0.15) is 16.5 Å². The number of phenolic OH excluding ortho intramolecular Hbond substituents is 1. The van der Waals surface area contributed by atoms with Crippen molar-refractivity contribution >= 4 is 21.4 Å². The molecule has 0 saturated carbocycles. The minimum Gasteiger partial charge on any atom is -0.507 e. The summed E-state index contributed by atoms with van der Waals surface area (Å²) < 4.78 is 76.2. The van der Waals surface area contributed by atoms with Crippen LogP contribution in [0, 0.1) is 5.82 Å². The molecular weight excluding hydrogens is 416 g/mol. The van der Waals surface area contributed by atoms with Crippen molar-refractivity contribution in [2.24, 2.45) is 0 Å². The molecule has 29 heavy (non-hydrogen) atoms. The fourth-order valence-corrected chi connectivity index (χ4v) is 4.05. The zero-order chi connectivity index (χ0) is 21.4. The van der Waals surface area contributed by atoms with Gasteiger partial charge in [0.05, 0.1) is 11.3 Å². The van der Waals surface area contributed by atoms with Crippen molar-refractivity contribution in [1.29, 1.82) is 0 Å². The molecule has 0 spiro atoms. The van der Waals surface area contributed by atoms with Crippen molar-refractivity contribution in [1.82, 2.24) is 4.90 Å². The predicted octanol–water partition coefficient (Wildman–Crippen LogP) is 2.79. The molecule has 1 aliphatic heterocycles. The first kappa shape index (κ1) is 20.9. The zero-order valence-corrected chi connectivity index (χ0v) is 15.7. The van der Waals surface area contributed by atoms with E-state index in [1.165, 1.54) is 21.9 Å². The van der Waals surface area contributed by atoms with Gasteiger partial charge in [0.2, 0.25) is 0 Å². The molecule has 11 heteroatoms. The summed E-state index contributed by atoms with van der Waals surface area (Å²) in [5.74, 6) is -1.76. The Morgan fingerprint density at radius 2 is 1.62 bits per heavy atom. The Balaban J connectivity index is 1.84. The third kappa shape index (κ3) is 4.00. The molecule has 0 aliphatic carbocycles. The molecule has 1 heterocycles.